The number of benzene rings is 1. The van der Waals surface area contributed by atoms with E-state index in [-0.39, 0.29) is 5.54 Å². The van der Waals surface area contributed by atoms with Crippen LogP contribution < -0.4 is 5.32 Å². The van der Waals surface area contributed by atoms with Crippen LogP contribution in [0.4, 0.5) is 0 Å². The zero-order chi connectivity index (χ0) is 11.6. The fourth-order valence-electron chi connectivity index (χ4n) is 3.06. The monoisotopic (exact) mass is 218 g/mol. The number of aryl methyl sites for hydroxylation is 1. The zero-order valence-electron chi connectivity index (χ0n) is 10.6. The number of likely N-dealkylation sites (N-methyl/N-ethyl adjacent to an activating group) is 2. The van der Waals surface area contributed by atoms with Gasteiger partial charge in [0.1, 0.15) is 0 Å². The summed E-state index contributed by atoms with van der Waals surface area (Å²) in [5.74, 6) is 0. The Morgan fingerprint density at radius 2 is 2.12 bits per heavy atom. The Labute approximate surface area is 98.7 Å². The van der Waals surface area contributed by atoms with E-state index in [1.54, 1.807) is 0 Å². The number of rotatable bonds is 3. The standard InChI is InChI=1S/C14H22N2/c1-12-7-4-5-8-13(12)14(11-15-2)9-6-10-16(14)3/h4-5,7-8,15H,6,9-11H2,1-3H3. The second-order valence-corrected chi connectivity index (χ2v) is 4.90. The molecule has 16 heavy (non-hydrogen) atoms. The molecule has 1 heterocycles. The minimum absolute atomic E-state index is 0.208. The third-order valence-electron chi connectivity index (χ3n) is 3.93. The van der Waals surface area contributed by atoms with Crippen molar-refractivity contribution in [3.05, 3.63) is 35.4 Å². The average molecular weight is 218 g/mol. The van der Waals surface area contributed by atoms with E-state index < -0.39 is 0 Å². The van der Waals surface area contributed by atoms with Crippen LogP contribution in [0.1, 0.15) is 24.0 Å². The third kappa shape index (κ3) is 1.76. The van der Waals surface area contributed by atoms with Gasteiger partial charge in [0.15, 0.2) is 0 Å². The first-order valence-electron chi connectivity index (χ1n) is 6.13. The highest BCUT2D eigenvalue weighted by Gasteiger charge is 2.40. The van der Waals surface area contributed by atoms with Gasteiger partial charge in [0.25, 0.3) is 0 Å². The third-order valence-corrected chi connectivity index (χ3v) is 3.93. The number of nitrogens with zero attached hydrogens (tertiary/aromatic N) is 1. The van der Waals surface area contributed by atoms with E-state index in [2.05, 4.69) is 48.5 Å². The van der Waals surface area contributed by atoms with Gasteiger partial charge in [-0.2, -0.15) is 0 Å². The van der Waals surface area contributed by atoms with E-state index in [1.807, 2.05) is 7.05 Å². The first-order valence-corrected chi connectivity index (χ1v) is 6.13. The van der Waals surface area contributed by atoms with Crippen molar-refractivity contribution in [1.29, 1.82) is 0 Å². The summed E-state index contributed by atoms with van der Waals surface area (Å²) in [7, 11) is 4.29. The van der Waals surface area contributed by atoms with Crippen LogP contribution in [-0.4, -0.2) is 32.1 Å². The second kappa shape index (κ2) is 4.56. The van der Waals surface area contributed by atoms with E-state index in [1.165, 1.54) is 30.5 Å². The molecule has 0 bridgehead atoms. The molecule has 2 heteroatoms. The minimum atomic E-state index is 0.208. The highest BCUT2D eigenvalue weighted by atomic mass is 15.2. The van der Waals surface area contributed by atoms with Gasteiger partial charge in [0.05, 0.1) is 5.54 Å². The number of hydrogen-bond donors (Lipinski definition) is 1. The molecule has 0 aliphatic carbocycles. The van der Waals surface area contributed by atoms with E-state index in [4.69, 9.17) is 0 Å². The minimum Gasteiger partial charge on any atom is -0.318 e. The van der Waals surface area contributed by atoms with Crippen LogP contribution in [0.25, 0.3) is 0 Å². The summed E-state index contributed by atoms with van der Waals surface area (Å²) < 4.78 is 0. The van der Waals surface area contributed by atoms with E-state index >= 15 is 0 Å². The summed E-state index contributed by atoms with van der Waals surface area (Å²) >= 11 is 0. The van der Waals surface area contributed by atoms with Crippen LogP contribution in [0.2, 0.25) is 0 Å². The molecular weight excluding hydrogens is 196 g/mol. The second-order valence-electron chi connectivity index (χ2n) is 4.90. The van der Waals surface area contributed by atoms with Gasteiger partial charge in [0.2, 0.25) is 0 Å². The van der Waals surface area contributed by atoms with Crippen molar-refractivity contribution in [2.24, 2.45) is 0 Å². The summed E-state index contributed by atoms with van der Waals surface area (Å²) in [6.07, 6.45) is 2.56. The van der Waals surface area contributed by atoms with Crippen molar-refractivity contribution in [2.75, 3.05) is 27.2 Å². The van der Waals surface area contributed by atoms with Gasteiger partial charge in [-0.1, -0.05) is 24.3 Å². The molecule has 0 aromatic heterocycles. The maximum atomic E-state index is 3.36. The van der Waals surface area contributed by atoms with Crippen molar-refractivity contribution in [3.63, 3.8) is 0 Å². The Bertz CT molecular complexity index is 362. The lowest BCUT2D eigenvalue weighted by atomic mass is 9.84. The van der Waals surface area contributed by atoms with Crippen molar-refractivity contribution in [1.82, 2.24) is 10.2 Å². The predicted octanol–water partition coefficient (Wildman–Crippen LogP) is 2.14. The largest absolute Gasteiger partial charge is 0.318 e. The lowest BCUT2D eigenvalue weighted by Crippen LogP contribution is -2.46. The SMILES string of the molecule is CNCC1(c2ccccc2C)CCCN1C. The molecule has 88 valence electrons. The Morgan fingerprint density at radius 3 is 2.69 bits per heavy atom. The molecule has 1 atom stereocenters. The van der Waals surface area contributed by atoms with Gasteiger partial charge in [-0.05, 0) is 51.5 Å². The molecule has 1 aromatic rings. The molecule has 1 fully saturated rings. The van der Waals surface area contributed by atoms with E-state index in [0.29, 0.717) is 0 Å². The summed E-state index contributed by atoms with van der Waals surface area (Å²) in [6, 6.07) is 8.79. The molecule has 0 radical (unpaired) electrons. The molecule has 1 saturated heterocycles. The van der Waals surface area contributed by atoms with Crippen LogP contribution in [-0.2, 0) is 5.54 Å². The molecular formula is C14H22N2. The highest BCUT2D eigenvalue weighted by molar-refractivity contribution is 5.34. The summed E-state index contributed by atoms with van der Waals surface area (Å²) in [6.45, 7) is 4.46. The van der Waals surface area contributed by atoms with Gasteiger partial charge in [-0.25, -0.2) is 0 Å². The van der Waals surface area contributed by atoms with Gasteiger partial charge in [0, 0.05) is 6.54 Å². The Morgan fingerprint density at radius 1 is 1.38 bits per heavy atom. The molecule has 1 unspecified atom stereocenters. The van der Waals surface area contributed by atoms with Crippen molar-refractivity contribution < 1.29 is 0 Å². The fraction of sp³-hybridized carbons (Fsp3) is 0.571. The van der Waals surface area contributed by atoms with Gasteiger partial charge in [-0.15, -0.1) is 0 Å². The maximum Gasteiger partial charge on any atom is 0.0586 e. The van der Waals surface area contributed by atoms with Gasteiger partial charge < -0.3 is 5.32 Å². The summed E-state index contributed by atoms with van der Waals surface area (Å²) in [5.41, 5.74) is 3.11. The molecule has 0 amide bonds. The Kier molecular flexibility index (Phi) is 3.31. The molecule has 1 aliphatic heterocycles. The Balaban J connectivity index is 2.43. The summed E-state index contributed by atoms with van der Waals surface area (Å²) in [5, 5.41) is 3.36. The van der Waals surface area contributed by atoms with Crippen molar-refractivity contribution in [2.45, 2.75) is 25.3 Å². The van der Waals surface area contributed by atoms with E-state index in [0.717, 1.165) is 6.54 Å². The predicted molar refractivity (Wildman–Crippen MR) is 68.6 cm³/mol. The van der Waals surface area contributed by atoms with Gasteiger partial charge in [-0.3, -0.25) is 4.90 Å². The van der Waals surface area contributed by atoms with Gasteiger partial charge >= 0.3 is 0 Å². The highest BCUT2D eigenvalue weighted by Crippen LogP contribution is 2.38. The van der Waals surface area contributed by atoms with Crippen LogP contribution in [0.5, 0.6) is 0 Å². The van der Waals surface area contributed by atoms with Crippen LogP contribution in [0, 0.1) is 6.92 Å². The zero-order valence-corrected chi connectivity index (χ0v) is 10.6. The van der Waals surface area contributed by atoms with Crippen LogP contribution in [0.3, 0.4) is 0 Å². The number of likely N-dealkylation sites (tertiary alicyclic amines) is 1. The molecule has 0 saturated carbocycles. The topological polar surface area (TPSA) is 15.3 Å². The molecule has 2 nitrogen and oxygen atoms in total. The molecule has 1 N–H and O–H groups in total. The van der Waals surface area contributed by atoms with Crippen LogP contribution in [0.15, 0.2) is 24.3 Å². The lowest BCUT2D eigenvalue weighted by molar-refractivity contribution is 0.172. The lowest BCUT2D eigenvalue weighted by Gasteiger charge is -2.38. The summed E-state index contributed by atoms with van der Waals surface area (Å²) in [4.78, 5) is 2.51. The van der Waals surface area contributed by atoms with Crippen molar-refractivity contribution >= 4 is 0 Å². The van der Waals surface area contributed by atoms with E-state index in [9.17, 15) is 0 Å². The van der Waals surface area contributed by atoms with Crippen molar-refractivity contribution in [3.8, 4) is 0 Å². The van der Waals surface area contributed by atoms with Crippen LogP contribution >= 0.6 is 0 Å². The number of hydrogen-bond acceptors (Lipinski definition) is 2. The fourth-order valence-corrected chi connectivity index (χ4v) is 3.06. The molecule has 1 aromatic carbocycles. The molecule has 2 rings (SSSR count). The Hall–Kier alpha value is -0.860. The smallest absolute Gasteiger partial charge is 0.0586 e. The molecule has 1 aliphatic rings. The maximum absolute atomic E-state index is 3.36. The normalized spacial score (nSPS) is 26.2. The molecule has 0 spiro atoms. The quantitative estimate of drug-likeness (QED) is 0.836. The average Bonchev–Trinajstić information content (AvgIpc) is 2.62. The number of nitrogens with one attached hydrogen (secondary N) is 1. The first kappa shape index (κ1) is 11.6. The first-order chi connectivity index (χ1) is 7.70.